The molecule has 0 heterocycles. The minimum Gasteiger partial charge on any atom is -0.494 e. The standard InChI is InChI=1S/C25H33BrN2O4/c1-5-6-7-8-15-31-20-12-9-18(10-13-20)24(30)28-27-23(29)17-32-22-14-11-19(16-21(22)26)25(2,3)4/h9-14,16H,5-8,15,17H2,1-4H3,(H,27,29)(H,28,30). The molecule has 2 rings (SSSR count). The van der Waals surface area contributed by atoms with Crippen LogP contribution in [0.25, 0.3) is 0 Å². The minimum atomic E-state index is -0.461. The van der Waals surface area contributed by atoms with Crippen molar-refractivity contribution in [3.63, 3.8) is 0 Å². The molecule has 0 aliphatic carbocycles. The van der Waals surface area contributed by atoms with Crippen LogP contribution >= 0.6 is 15.9 Å². The van der Waals surface area contributed by atoms with E-state index >= 15 is 0 Å². The van der Waals surface area contributed by atoms with Crippen molar-refractivity contribution >= 4 is 27.7 Å². The quantitative estimate of drug-likeness (QED) is 0.328. The molecule has 0 saturated heterocycles. The van der Waals surface area contributed by atoms with Gasteiger partial charge in [-0.05, 0) is 69.7 Å². The van der Waals surface area contributed by atoms with E-state index in [0.717, 1.165) is 28.6 Å². The predicted octanol–water partition coefficient (Wildman–Crippen LogP) is 5.55. The van der Waals surface area contributed by atoms with Gasteiger partial charge >= 0.3 is 0 Å². The predicted molar refractivity (Wildman–Crippen MR) is 130 cm³/mol. The Kier molecular flexibility index (Phi) is 10.0. The van der Waals surface area contributed by atoms with Gasteiger partial charge in [-0.2, -0.15) is 0 Å². The van der Waals surface area contributed by atoms with E-state index in [2.05, 4.69) is 54.5 Å². The Morgan fingerprint density at radius 2 is 1.66 bits per heavy atom. The third kappa shape index (κ3) is 8.54. The lowest BCUT2D eigenvalue weighted by Crippen LogP contribution is -2.43. The van der Waals surface area contributed by atoms with Gasteiger partial charge in [0.15, 0.2) is 6.61 Å². The van der Waals surface area contributed by atoms with Gasteiger partial charge < -0.3 is 9.47 Å². The fraction of sp³-hybridized carbons (Fsp3) is 0.440. The minimum absolute atomic E-state index is 0.0155. The number of ether oxygens (including phenoxy) is 2. The van der Waals surface area contributed by atoms with Crippen molar-refractivity contribution < 1.29 is 19.1 Å². The number of amides is 2. The fourth-order valence-electron chi connectivity index (χ4n) is 2.88. The highest BCUT2D eigenvalue weighted by Crippen LogP contribution is 2.31. The number of rotatable bonds is 10. The largest absolute Gasteiger partial charge is 0.494 e. The lowest BCUT2D eigenvalue weighted by Gasteiger charge is -2.20. The molecule has 0 bridgehead atoms. The van der Waals surface area contributed by atoms with Crippen LogP contribution in [-0.4, -0.2) is 25.0 Å². The number of carbonyl (C=O) groups excluding carboxylic acids is 2. The Morgan fingerprint density at radius 1 is 0.938 bits per heavy atom. The number of unbranched alkanes of at least 4 members (excludes halogenated alkanes) is 3. The average Bonchev–Trinajstić information content (AvgIpc) is 2.76. The third-order valence-corrected chi connectivity index (χ3v) is 5.47. The molecule has 2 N–H and O–H groups in total. The molecule has 0 radical (unpaired) electrons. The molecule has 2 aromatic rings. The molecule has 0 aliphatic rings. The summed E-state index contributed by atoms with van der Waals surface area (Å²) in [4.78, 5) is 24.3. The Balaban J connectivity index is 1.75. The second-order valence-electron chi connectivity index (χ2n) is 8.62. The molecule has 2 aromatic carbocycles. The zero-order chi connectivity index (χ0) is 23.6. The summed E-state index contributed by atoms with van der Waals surface area (Å²) in [7, 11) is 0. The molecular formula is C25H33BrN2O4. The summed E-state index contributed by atoms with van der Waals surface area (Å²) in [5.41, 5.74) is 6.35. The van der Waals surface area contributed by atoms with Crippen LogP contribution in [0.1, 0.15) is 69.3 Å². The van der Waals surface area contributed by atoms with Gasteiger partial charge in [-0.3, -0.25) is 20.4 Å². The van der Waals surface area contributed by atoms with Crippen LogP contribution in [0.5, 0.6) is 11.5 Å². The highest BCUT2D eigenvalue weighted by molar-refractivity contribution is 9.10. The maximum absolute atomic E-state index is 12.2. The number of hydrogen-bond acceptors (Lipinski definition) is 4. The number of halogens is 1. The Labute approximate surface area is 199 Å². The van der Waals surface area contributed by atoms with Crippen molar-refractivity contribution in [1.29, 1.82) is 0 Å². The van der Waals surface area contributed by atoms with Crippen LogP contribution in [0.3, 0.4) is 0 Å². The maximum atomic E-state index is 12.2. The van der Waals surface area contributed by atoms with Crippen LogP contribution in [0.4, 0.5) is 0 Å². The summed E-state index contributed by atoms with van der Waals surface area (Å²) in [5.74, 6) is 0.407. The molecule has 2 amide bonds. The van der Waals surface area contributed by atoms with Gasteiger partial charge in [0.1, 0.15) is 11.5 Å². The molecular weight excluding hydrogens is 472 g/mol. The molecule has 0 atom stereocenters. The molecule has 174 valence electrons. The second-order valence-corrected chi connectivity index (χ2v) is 9.47. The van der Waals surface area contributed by atoms with Crippen LogP contribution in [0.2, 0.25) is 0 Å². The first-order chi connectivity index (χ1) is 15.2. The zero-order valence-corrected chi connectivity index (χ0v) is 20.9. The Bertz CT molecular complexity index is 892. The summed E-state index contributed by atoms with van der Waals surface area (Å²) < 4.78 is 12.0. The third-order valence-electron chi connectivity index (χ3n) is 4.86. The first-order valence-electron chi connectivity index (χ1n) is 11.0. The summed E-state index contributed by atoms with van der Waals surface area (Å²) in [6.45, 7) is 8.99. The van der Waals surface area contributed by atoms with Gasteiger partial charge in [0.05, 0.1) is 11.1 Å². The van der Waals surface area contributed by atoms with Gasteiger partial charge in [0, 0.05) is 5.56 Å². The molecule has 0 aromatic heterocycles. The van der Waals surface area contributed by atoms with Crippen molar-refractivity contribution in [3.05, 3.63) is 58.1 Å². The van der Waals surface area contributed by atoms with E-state index in [1.807, 2.05) is 18.2 Å². The number of carbonyl (C=O) groups is 2. The number of benzene rings is 2. The maximum Gasteiger partial charge on any atom is 0.276 e. The summed E-state index contributed by atoms with van der Waals surface area (Å²) in [5, 5.41) is 0. The van der Waals surface area contributed by atoms with Crippen molar-refractivity contribution in [2.75, 3.05) is 13.2 Å². The molecule has 0 fully saturated rings. The molecule has 0 saturated carbocycles. The van der Waals surface area contributed by atoms with Crippen molar-refractivity contribution in [3.8, 4) is 11.5 Å². The van der Waals surface area contributed by atoms with Gasteiger partial charge in [-0.25, -0.2) is 0 Å². The van der Waals surface area contributed by atoms with E-state index in [9.17, 15) is 9.59 Å². The van der Waals surface area contributed by atoms with Crippen molar-refractivity contribution in [2.45, 2.75) is 58.8 Å². The van der Waals surface area contributed by atoms with Crippen molar-refractivity contribution in [1.82, 2.24) is 10.9 Å². The summed E-state index contributed by atoms with van der Waals surface area (Å²) in [6, 6.07) is 12.6. The molecule has 0 unspecified atom stereocenters. The molecule has 7 heteroatoms. The first kappa shape index (κ1) is 25.7. The van der Waals surface area contributed by atoms with E-state index in [-0.39, 0.29) is 12.0 Å². The highest BCUT2D eigenvalue weighted by atomic mass is 79.9. The smallest absolute Gasteiger partial charge is 0.276 e. The van der Waals surface area contributed by atoms with Gasteiger partial charge in [0.2, 0.25) is 0 Å². The first-order valence-corrected chi connectivity index (χ1v) is 11.7. The normalized spacial score (nSPS) is 11.0. The fourth-order valence-corrected chi connectivity index (χ4v) is 3.38. The lowest BCUT2D eigenvalue weighted by atomic mass is 9.87. The van der Waals surface area contributed by atoms with Crippen LogP contribution in [-0.2, 0) is 10.2 Å². The monoisotopic (exact) mass is 504 g/mol. The molecule has 0 aliphatic heterocycles. The van der Waals surface area contributed by atoms with E-state index in [0.29, 0.717) is 17.9 Å². The lowest BCUT2D eigenvalue weighted by molar-refractivity contribution is -0.123. The van der Waals surface area contributed by atoms with Crippen LogP contribution < -0.4 is 20.3 Å². The van der Waals surface area contributed by atoms with E-state index in [1.165, 1.54) is 12.8 Å². The average molecular weight is 505 g/mol. The molecule has 0 spiro atoms. The molecule has 6 nitrogen and oxygen atoms in total. The molecule has 32 heavy (non-hydrogen) atoms. The Morgan fingerprint density at radius 3 is 2.28 bits per heavy atom. The van der Waals surface area contributed by atoms with E-state index in [1.54, 1.807) is 24.3 Å². The van der Waals surface area contributed by atoms with Gasteiger partial charge in [-0.15, -0.1) is 0 Å². The van der Waals surface area contributed by atoms with E-state index in [4.69, 9.17) is 9.47 Å². The van der Waals surface area contributed by atoms with E-state index < -0.39 is 11.8 Å². The summed E-state index contributed by atoms with van der Waals surface area (Å²) >= 11 is 3.48. The second kappa shape index (κ2) is 12.5. The van der Waals surface area contributed by atoms with Gasteiger partial charge in [-0.1, -0.05) is 53.0 Å². The highest BCUT2D eigenvalue weighted by Gasteiger charge is 2.16. The van der Waals surface area contributed by atoms with Crippen LogP contribution in [0, 0.1) is 0 Å². The van der Waals surface area contributed by atoms with Crippen LogP contribution in [0.15, 0.2) is 46.9 Å². The topological polar surface area (TPSA) is 76.7 Å². The number of nitrogens with one attached hydrogen (secondary N) is 2. The Hall–Kier alpha value is -2.54. The number of hydrazine groups is 1. The van der Waals surface area contributed by atoms with Crippen molar-refractivity contribution in [2.24, 2.45) is 0 Å². The number of hydrogen-bond donors (Lipinski definition) is 2. The summed E-state index contributed by atoms with van der Waals surface area (Å²) in [6.07, 6.45) is 4.57. The van der Waals surface area contributed by atoms with Gasteiger partial charge in [0.25, 0.3) is 11.8 Å². The zero-order valence-electron chi connectivity index (χ0n) is 19.3. The SMILES string of the molecule is CCCCCCOc1ccc(C(=O)NNC(=O)COc2ccc(C(C)(C)C)cc2Br)cc1.